The van der Waals surface area contributed by atoms with Gasteiger partial charge in [0.25, 0.3) is 0 Å². The Balaban J connectivity index is 2.11. The summed E-state index contributed by atoms with van der Waals surface area (Å²) in [4.78, 5) is 25.0. The number of carbonyl (C=O) groups excluding carboxylic acids is 2. The predicted molar refractivity (Wildman–Crippen MR) is 74.2 cm³/mol. The minimum absolute atomic E-state index is 0.200. The van der Waals surface area contributed by atoms with E-state index in [9.17, 15) is 9.59 Å². The van der Waals surface area contributed by atoms with E-state index in [0.29, 0.717) is 6.04 Å². The zero-order valence-corrected chi connectivity index (χ0v) is 11.3. The highest BCUT2D eigenvalue weighted by molar-refractivity contribution is 5.96. The number of benzene rings is 1. The van der Waals surface area contributed by atoms with Crippen LogP contribution in [0.3, 0.4) is 0 Å². The number of hydrogen-bond donors (Lipinski definition) is 2. The zero-order chi connectivity index (χ0) is 13.8. The van der Waals surface area contributed by atoms with Gasteiger partial charge in [0.1, 0.15) is 0 Å². The molecular weight excluding hydrogens is 242 g/mol. The number of nitrogens with one attached hydrogen (secondary N) is 2. The number of urea groups is 1. The van der Waals surface area contributed by atoms with E-state index >= 15 is 0 Å². The van der Waals surface area contributed by atoms with Crippen molar-refractivity contribution in [3.63, 3.8) is 0 Å². The van der Waals surface area contributed by atoms with Gasteiger partial charge in [-0.2, -0.15) is 0 Å². The van der Waals surface area contributed by atoms with Gasteiger partial charge in [0.2, 0.25) is 5.91 Å². The van der Waals surface area contributed by atoms with Crippen molar-refractivity contribution in [3.05, 3.63) is 29.8 Å². The lowest BCUT2D eigenvalue weighted by atomic mass is 9.97. The molecular formula is C14H19N3O2. The second-order valence-corrected chi connectivity index (χ2v) is 4.77. The van der Waals surface area contributed by atoms with Crippen LogP contribution in [0.15, 0.2) is 24.3 Å². The van der Waals surface area contributed by atoms with E-state index in [1.807, 2.05) is 18.2 Å². The highest BCUT2D eigenvalue weighted by atomic mass is 16.2. The van der Waals surface area contributed by atoms with Gasteiger partial charge in [-0.3, -0.25) is 10.1 Å². The van der Waals surface area contributed by atoms with Crippen LogP contribution < -0.4 is 15.5 Å². The number of hydrogen-bond acceptors (Lipinski definition) is 3. The van der Waals surface area contributed by atoms with Crippen LogP contribution in [0.25, 0.3) is 0 Å². The first-order chi connectivity index (χ1) is 9.11. The lowest BCUT2D eigenvalue weighted by Crippen LogP contribution is -2.47. The van der Waals surface area contributed by atoms with Gasteiger partial charge in [-0.25, -0.2) is 4.79 Å². The molecule has 2 rings (SSSR count). The van der Waals surface area contributed by atoms with Gasteiger partial charge in [-0.15, -0.1) is 0 Å². The molecule has 5 nitrogen and oxygen atoms in total. The third kappa shape index (κ3) is 3.05. The summed E-state index contributed by atoms with van der Waals surface area (Å²) in [6.07, 6.45) is 2.05. The maximum Gasteiger partial charge on any atom is 0.321 e. The molecule has 0 unspecified atom stereocenters. The first-order valence-corrected chi connectivity index (χ1v) is 6.48. The van der Waals surface area contributed by atoms with Crippen molar-refractivity contribution in [3.8, 4) is 0 Å². The smallest absolute Gasteiger partial charge is 0.321 e. The van der Waals surface area contributed by atoms with Crippen LogP contribution in [0, 0.1) is 0 Å². The SMILES string of the molecule is CNC(=O)NC(=O)CN1c2ccccc2CC[C@H]1C. The molecule has 102 valence electrons. The summed E-state index contributed by atoms with van der Waals surface area (Å²) < 4.78 is 0. The fourth-order valence-corrected chi connectivity index (χ4v) is 2.38. The van der Waals surface area contributed by atoms with Gasteiger partial charge in [0.15, 0.2) is 0 Å². The number of aryl methyl sites for hydroxylation is 1. The number of para-hydroxylation sites is 1. The molecule has 3 amide bonds. The molecule has 1 aromatic rings. The molecule has 0 saturated heterocycles. The summed E-state index contributed by atoms with van der Waals surface area (Å²) in [5.41, 5.74) is 2.35. The van der Waals surface area contributed by atoms with Gasteiger partial charge in [-0.1, -0.05) is 18.2 Å². The monoisotopic (exact) mass is 261 g/mol. The lowest BCUT2D eigenvalue weighted by molar-refractivity contribution is -0.118. The first-order valence-electron chi connectivity index (χ1n) is 6.48. The third-order valence-electron chi connectivity index (χ3n) is 3.46. The van der Waals surface area contributed by atoms with E-state index < -0.39 is 6.03 Å². The van der Waals surface area contributed by atoms with E-state index in [4.69, 9.17) is 0 Å². The second-order valence-electron chi connectivity index (χ2n) is 4.77. The Hall–Kier alpha value is -2.04. The molecule has 0 bridgehead atoms. The Bertz CT molecular complexity index is 487. The van der Waals surface area contributed by atoms with Gasteiger partial charge < -0.3 is 10.2 Å². The van der Waals surface area contributed by atoms with Crippen LogP contribution in [0.4, 0.5) is 10.5 Å². The van der Waals surface area contributed by atoms with Gasteiger partial charge in [0, 0.05) is 18.8 Å². The summed E-state index contributed by atoms with van der Waals surface area (Å²) in [6, 6.07) is 7.93. The van der Waals surface area contributed by atoms with Crippen LogP contribution in [-0.2, 0) is 11.2 Å². The lowest BCUT2D eigenvalue weighted by Gasteiger charge is -2.36. The molecule has 1 aliphatic rings. The molecule has 0 spiro atoms. The van der Waals surface area contributed by atoms with Crippen molar-refractivity contribution in [1.82, 2.24) is 10.6 Å². The number of nitrogens with zero attached hydrogens (tertiary/aromatic N) is 1. The number of carbonyl (C=O) groups is 2. The Morgan fingerprint density at radius 2 is 2.11 bits per heavy atom. The topological polar surface area (TPSA) is 61.4 Å². The van der Waals surface area contributed by atoms with E-state index in [1.54, 1.807) is 0 Å². The molecule has 2 N–H and O–H groups in total. The molecule has 1 aliphatic heterocycles. The Morgan fingerprint density at radius 1 is 1.37 bits per heavy atom. The normalized spacial score (nSPS) is 17.6. The Labute approximate surface area is 113 Å². The number of fused-ring (bicyclic) bond motifs is 1. The molecule has 5 heteroatoms. The van der Waals surface area contributed by atoms with Crippen molar-refractivity contribution in [2.45, 2.75) is 25.8 Å². The summed E-state index contributed by atoms with van der Waals surface area (Å²) in [6.45, 7) is 2.30. The number of anilines is 1. The Kier molecular flexibility index (Phi) is 4.04. The fraction of sp³-hybridized carbons (Fsp3) is 0.429. The first kappa shape index (κ1) is 13.4. The van der Waals surface area contributed by atoms with Crippen LogP contribution in [0.1, 0.15) is 18.9 Å². The number of imide groups is 1. The van der Waals surface area contributed by atoms with Crippen LogP contribution in [-0.4, -0.2) is 31.6 Å². The van der Waals surface area contributed by atoms with Gasteiger partial charge >= 0.3 is 6.03 Å². The molecule has 0 aliphatic carbocycles. The van der Waals surface area contributed by atoms with Crippen molar-refractivity contribution in [1.29, 1.82) is 0 Å². The van der Waals surface area contributed by atoms with Gasteiger partial charge in [0.05, 0.1) is 6.54 Å². The van der Waals surface area contributed by atoms with E-state index in [0.717, 1.165) is 18.5 Å². The zero-order valence-electron chi connectivity index (χ0n) is 11.3. The van der Waals surface area contributed by atoms with E-state index in [-0.39, 0.29) is 12.5 Å². The quantitative estimate of drug-likeness (QED) is 0.843. The highest BCUT2D eigenvalue weighted by Gasteiger charge is 2.24. The van der Waals surface area contributed by atoms with Crippen LogP contribution in [0.5, 0.6) is 0 Å². The van der Waals surface area contributed by atoms with E-state index in [2.05, 4.69) is 28.5 Å². The summed E-state index contributed by atoms with van der Waals surface area (Å²) in [5.74, 6) is -0.289. The highest BCUT2D eigenvalue weighted by Crippen LogP contribution is 2.29. The number of amides is 3. The predicted octanol–water partition coefficient (Wildman–Crippen LogP) is 1.28. The summed E-state index contributed by atoms with van der Waals surface area (Å²) >= 11 is 0. The van der Waals surface area contributed by atoms with Crippen LogP contribution >= 0.6 is 0 Å². The largest absolute Gasteiger partial charge is 0.359 e. The molecule has 0 radical (unpaired) electrons. The molecule has 0 fully saturated rings. The summed E-state index contributed by atoms with van der Waals surface area (Å²) in [5, 5.41) is 4.67. The maximum absolute atomic E-state index is 11.8. The molecule has 0 aromatic heterocycles. The van der Waals surface area contributed by atoms with Crippen molar-refractivity contribution < 1.29 is 9.59 Å². The molecule has 1 aromatic carbocycles. The molecule has 1 heterocycles. The fourth-order valence-electron chi connectivity index (χ4n) is 2.38. The number of rotatable bonds is 2. The van der Waals surface area contributed by atoms with Gasteiger partial charge in [-0.05, 0) is 31.4 Å². The van der Waals surface area contributed by atoms with Crippen LogP contribution in [0.2, 0.25) is 0 Å². The summed E-state index contributed by atoms with van der Waals surface area (Å²) in [7, 11) is 1.49. The van der Waals surface area contributed by atoms with Crippen molar-refractivity contribution >= 4 is 17.6 Å². The van der Waals surface area contributed by atoms with Crippen molar-refractivity contribution in [2.75, 3.05) is 18.5 Å². The average Bonchev–Trinajstić information content (AvgIpc) is 2.42. The molecule has 19 heavy (non-hydrogen) atoms. The molecule has 0 saturated carbocycles. The second kappa shape index (κ2) is 5.73. The molecule has 1 atom stereocenters. The van der Waals surface area contributed by atoms with E-state index in [1.165, 1.54) is 12.6 Å². The maximum atomic E-state index is 11.8. The standard InChI is InChI=1S/C14H19N3O2/c1-10-7-8-11-5-3-4-6-12(11)17(10)9-13(18)16-14(19)15-2/h3-6,10H,7-9H2,1-2H3,(H2,15,16,18,19)/t10-/m1/s1. The Morgan fingerprint density at radius 3 is 2.84 bits per heavy atom. The minimum atomic E-state index is -0.469. The average molecular weight is 261 g/mol. The third-order valence-corrected chi connectivity index (χ3v) is 3.46. The van der Waals surface area contributed by atoms with Crippen molar-refractivity contribution in [2.24, 2.45) is 0 Å². The minimum Gasteiger partial charge on any atom is -0.359 e.